The first-order valence-electron chi connectivity index (χ1n) is 11.4. The number of hydrogen-bond donors (Lipinski definition) is 5. The summed E-state index contributed by atoms with van der Waals surface area (Å²) in [5, 5.41) is 34.5. The topological polar surface area (TPSA) is 251 Å². The van der Waals surface area contributed by atoms with E-state index in [1.54, 1.807) is 0 Å². The van der Waals surface area contributed by atoms with Gasteiger partial charge >= 0.3 is 30.1 Å². The number of thiazole rings is 1. The second-order valence-corrected chi connectivity index (χ2v) is 10.3. The normalized spacial score (nSPS) is 17.7. The fourth-order valence-corrected chi connectivity index (χ4v) is 5.25. The van der Waals surface area contributed by atoms with Gasteiger partial charge < -0.3 is 35.5 Å². The van der Waals surface area contributed by atoms with Crippen LogP contribution in [-0.2, 0) is 43.1 Å². The molecule has 2 aliphatic heterocycles. The SMILES string of the molecule is CC(=O)OCC1=C(C(=O)O)N2C(=O)[C@@H](NC(=O)/C(=N\OCC(=O)O)c3csc(NC(=O)CCl)n3)[C@H]2SC1.O=C(O)C(F)(F)F. The first-order chi connectivity index (χ1) is 20.5. The summed E-state index contributed by atoms with van der Waals surface area (Å²) in [4.78, 5) is 89.6. The summed E-state index contributed by atoms with van der Waals surface area (Å²) in [5.74, 6) is -8.61. The molecule has 0 saturated carbocycles. The lowest BCUT2D eigenvalue weighted by Gasteiger charge is -2.49. The average Bonchev–Trinajstić information content (AvgIpc) is 3.39. The maximum atomic E-state index is 13.0. The van der Waals surface area contributed by atoms with E-state index in [2.05, 4.69) is 25.6 Å². The van der Waals surface area contributed by atoms with Crippen molar-refractivity contribution in [3.05, 3.63) is 22.3 Å². The molecule has 44 heavy (non-hydrogen) atoms. The van der Waals surface area contributed by atoms with E-state index in [0.717, 1.165) is 34.9 Å². The molecule has 2 atom stereocenters. The summed E-state index contributed by atoms with van der Waals surface area (Å²) in [7, 11) is 0. The smallest absolute Gasteiger partial charge is 0.479 e. The number of amides is 3. The molecule has 0 aromatic carbocycles. The summed E-state index contributed by atoms with van der Waals surface area (Å²) in [5.41, 5.74) is -0.688. The van der Waals surface area contributed by atoms with Crippen molar-refractivity contribution in [2.45, 2.75) is 24.5 Å². The fraction of sp³-hybridized carbons (Fsp3) is 0.381. The van der Waals surface area contributed by atoms with Gasteiger partial charge in [0.15, 0.2) is 10.8 Å². The number of aliphatic carboxylic acids is 3. The molecule has 5 N–H and O–H groups in total. The molecule has 240 valence electrons. The van der Waals surface area contributed by atoms with Gasteiger partial charge in [-0.15, -0.1) is 34.7 Å². The van der Waals surface area contributed by atoms with Crippen molar-refractivity contribution in [2.24, 2.45) is 5.16 Å². The molecule has 1 fully saturated rings. The summed E-state index contributed by atoms with van der Waals surface area (Å²) in [6, 6.07) is -1.15. The number of carboxylic acids is 3. The van der Waals surface area contributed by atoms with Gasteiger partial charge in [-0.1, -0.05) is 5.16 Å². The molecular formula is C21H19ClF3N5O12S2. The van der Waals surface area contributed by atoms with Crippen molar-refractivity contribution < 1.29 is 71.6 Å². The van der Waals surface area contributed by atoms with E-state index >= 15 is 0 Å². The van der Waals surface area contributed by atoms with Crippen LogP contribution in [0.15, 0.2) is 21.8 Å². The van der Waals surface area contributed by atoms with E-state index in [-0.39, 0.29) is 40.3 Å². The highest BCUT2D eigenvalue weighted by Crippen LogP contribution is 2.40. The zero-order valence-electron chi connectivity index (χ0n) is 21.7. The van der Waals surface area contributed by atoms with Crippen LogP contribution in [0.25, 0.3) is 0 Å². The van der Waals surface area contributed by atoms with E-state index < -0.39 is 71.5 Å². The van der Waals surface area contributed by atoms with Crippen molar-refractivity contribution >= 4 is 87.1 Å². The minimum Gasteiger partial charge on any atom is -0.479 e. The molecule has 1 saturated heterocycles. The summed E-state index contributed by atoms with van der Waals surface area (Å²) in [6.45, 7) is -0.0125. The number of nitrogens with one attached hydrogen (secondary N) is 2. The molecule has 0 bridgehead atoms. The molecule has 3 heterocycles. The number of ether oxygens (including phenoxy) is 1. The molecule has 2 aliphatic rings. The van der Waals surface area contributed by atoms with Crippen molar-refractivity contribution in [1.29, 1.82) is 0 Å². The van der Waals surface area contributed by atoms with E-state index in [1.807, 2.05) is 0 Å². The fourth-order valence-electron chi connectivity index (χ4n) is 3.14. The zero-order chi connectivity index (χ0) is 33.4. The predicted octanol–water partition coefficient (Wildman–Crippen LogP) is 0.0607. The van der Waals surface area contributed by atoms with Crippen LogP contribution in [0.1, 0.15) is 12.6 Å². The maximum Gasteiger partial charge on any atom is 0.490 e. The van der Waals surface area contributed by atoms with Crippen LogP contribution in [0.5, 0.6) is 0 Å². The number of rotatable bonds is 11. The minimum absolute atomic E-state index is 0.0738. The van der Waals surface area contributed by atoms with Crippen LogP contribution in [0.4, 0.5) is 18.3 Å². The molecule has 0 radical (unpaired) electrons. The van der Waals surface area contributed by atoms with Crippen molar-refractivity contribution in [2.75, 3.05) is 30.2 Å². The van der Waals surface area contributed by atoms with Crippen LogP contribution in [-0.4, -0.2) is 115 Å². The van der Waals surface area contributed by atoms with Gasteiger partial charge in [0.05, 0.1) is 0 Å². The van der Waals surface area contributed by atoms with Gasteiger partial charge in [0.2, 0.25) is 12.5 Å². The molecule has 3 amide bonds. The third-order valence-electron chi connectivity index (χ3n) is 4.90. The number of carbonyl (C=O) groups excluding carboxylic acids is 4. The largest absolute Gasteiger partial charge is 0.490 e. The Morgan fingerprint density at radius 3 is 2.36 bits per heavy atom. The van der Waals surface area contributed by atoms with Gasteiger partial charge in [-0.2, -0.15) is 13.2 Å². The lowest BCUT2D eigenvalue weighted by molar-refractivity contribution is -0.192. The molecule has 17 nitrogen and oxygen atoms in total. The standard InChI is InChI=1S/C19H18ClN5O10S2.C2HF3O2/c1-7(26)34-3-8-5-36-17-13(16(31)25(17)14(8)18(32)33)23-15(30)12(24-35-4-11(28)29)9-6-37-19(21-9)22-10(27)2-20;3-2(4,5)1(6)7/h6,13,17H,2-5H2,1H3,(H,23,30)(H,28,29)(H,32,33)(H,21,22,27);(H,6,7)/b24-12-;/t13-,17-;/m1./s1. The quantitative estimate of drug-likeness (QED) is 0.0678. The van der Waals surface area contributed by atoms with Gasteiger partial charge in [0.25, 0.3) is 11.8 Å². The number of carbonyl (C=O) groups is 7. The molecule has 0 aliphatic carbocycles. The highest BCUT2D eigenvalue weighted by molar-refractivity contribution is 8.00. The molecular weight excluding hydrogens is 671 g/mol. The zero-order valence-corrected chi connectivity index (χ0v) is 24.1. The van der Waals surface area contributed by atoms with Gasteiger partial charge in [0.1, 0.15) is 35.3 Å². The monoisotopic (exact) mass is 689 g/mol. The molecule has 1 aromatic rings. The first-order valence-corrected chi connectivity index (χ1v) is 13.8. The van der Waals surface area contributed by atoms with Crippen molar-refractivity contribution in [3.63, 3.8) is 0 Å². The van der Waals surface area contributed by atoms with Crippen LogP contribution in [0.2, 0.25) is 0 Å². The van der Waals surface area contributed by atoms with Gasteiger partial charge in [-0.3, -0.25) is 24.1 Å². The lowest BCUT2D eigenvalue weighted by Crippen LogP contribution is -2.71. The third-order valence-corrected chi connectivity index (χ3v) is 7.24. The maximum absolute atomic E-state index is 13.0. The second kappa shape index (κ2) is 15.3. The Labute approximate surface area is 256 Å². The number of carboxylic acid groups (broad SMARTS) is 3. The Hall–Kier alpha value is -4.44. The van der Waals surface area contributed by atoms with E-state index in [1.165, 1.54) is 5.38 Å². The van der Waals surface area contributed by atoms with Crippen LogP contribution >= 0.6 is 34.7 Å². The van der Waals surface area contributed by atoms with Gasteiger partial charge in [-0.05, 0) is 0 Å². The number of esters is 1. The number of hydrogen-bond acceptors (Lipinski definition) is 13. The van der Waals surface area contributed by atoms with Crippen LogP contribution in [0.3, 0.4) is 0 Å². The number of thioether (sulfide) groups is 1. The summed E-state index contributed by atoms with van der Waals surface area (Å²) in [6.07, 6.45) is -5.08. The Bertz CT molecular complexity index is 1420. The summed E-state index contributed by atoms with van der Waals surface area (Å²) < 4.78 is 36.6. The van der Waals surface area contributed by atoms with E-state index in [4.69, 9.17) is 31.3 Å². The molecule has 23 heteroatoms. The number of halogens is 4. The first kappa shape index (κ1) is 35.8. The highest BCUT2D eigenvalue weighted by Gasteiger charge is 2.54. The second-order valence-electron chi connectivity index (χ2n) is 8.03. The van der Waals surface area contributed by atoms with Gasteiger partial charge in [-0.25, -0.2) is 19.4 Å². The number of aromatic nitrogens is 1. The third kappa shape index (κ3) is 9.54. The Morgan fingerprint density at radius 1 is 1.20 bits per heavy atom. The Balaban J connectivity index is 0.000000860. The highest BCUT2D eigenvalue weighted by atomic mass is 35.5. The molecule has 0 unspecified atom stereocenters. The molecule has 0 spiro atoms. The molecule has 3 rings (SSSR count). The van der Waals surface area contributed by atoms with Crippen molar-refractivity contribution in [1.82, 2.24) is 15.2 Å². The predicted molar refractivity (Wildman–Crippen MR) is 142 cm³/mol. The van der Waals surface area contributed by atoms with Crippen molar-refractivity contribution in [3.8, 4) is 0 Å². The number of β-lactam (4-membered cyclic amide) rings is 1. The number of fused-ring (bicyclic) bond motifs is 1. The lowest BCUT2D eigenvalue weighted by atomic mass is 10.0. The van der Waals surface area contributed by atoms with E-state index in [9.17, 15) is 47.0 Å². The average molecular weight is 690 g/mol. The van der Waals surface area contributed by atoms with Gasteiger partial charge in [0, 0.05) is 23.6 Å². The number of nitrogens with zero attached hydrogens (tertiary/aromatic N) is 3. The number of anilines is 1. The van der Waals surface area contributed by atoms with Crippen LogP contribution in [0, 0.1) is 0 Å². The Morgan fingerprint density at radius 2 is 1.84 bits per heavy atom. The molecule has 1 aromatic heterocycles. The Kier molecular flexibility index (Phi) is 12.5. The number of oxime groups is 1. The minimum atomic E-state index is -5.08. The van der Waals surface area contributed by atoms with E-state index in [0.29, 0.717) is 0 Å². The summed E-state index contributed by atoms with van der Waals surface area (Å²) >= 11 is 7.51. The van der Waals surface area contributed by atoms with Crippen LogP contribution < -0.4 is 10.6 Å². The number of alkyl halides is 4.